The van der Waals surface area contributed by atoms with E-state index in [2.05, 4.69) is 18.7 Å². The molecule has 4 heteroatoms. The van der Waals surface area contributed by atoms with Crippen LogP contribution in [0.2, 0.25) is 5.02 Å². The van der Waals surface area contributed by atoms with Gasteiger partial charge in [-0.1, -0.05) is 18.5 Å². The molecule has 1 heterocycles. The number of nitrogens with zero attached hydrogens (tertiary/aromatic N) is 1. The topological polar surface area (TPSA) is 32.7 Å². The highest BCUT2D eigenvalue weighted by Gasteiger charge is 2.24. The molecule has 0 aromatic heterocycles. The Bertz CT molecular complexity index is 450. The molecule has 106 valence electrons. The fourth-order valence-electron chi connectivity index (χ4n) is 2.75. The summed E-state index contributed by atoms with van der Waals surface area (Å²) in [6.45, 7) is 6.55. The first-order chi connectivity index (χ1) is 9.02. The van der Waals surface area contributed by atoms with Crippen molar-refractivity contribution in [2.24, 2.45) is 5.92 Å². The number of halogens is 1. The monoisotopic (exact) mass is 283 g/mol. The van der Waals surface area contributed by atoms with Crippen molar-refractivity contribution >= 4 is 11.6 Å². The molecule has 1 N–H and O–H groups in total. The van der Waals surface area contributed by atoms with Gasteiger partial charge in [-0.3, -0.25) is 4.90 Å². The van der Waals surface area contributed by atoms with Crippen molar-refractivity contribution in [3.63, 3.8) is 0 Å². The lowest BCUT2D eigenvalue weighted by molar-refractivity contribution is 0.106. The largest absolute Gasteiger partial charge is 0.503 e. The lowest BCUT2D eigenvalue weighted by Crippen LogP contribution is -2.41. The first-order valence-corrected chi connectivity index (χ1v) is 7.20. The number of phenols is 1. The van der Waals surface area contributed by atoms with E-state index in [1.54, 1.807) is 7.11 Å². The minimum Gasteiger partial charge on any atom is -0.503 e. The lowest BCUT2D eigenvalue weighted by atomic mass is 9.91. The first-order valence-electron chi connectivity index (χ1n) is 6.82. The van der Waals surface area contributed by atoms with Gasteiger partial charge in [0, 0.05) is 12.6 Å². The van der Waals surface area contributed by atoms with E-state index in [4.69, 9.17) is 16.3 Å². The molecule has 2 unspecified atom stereocenters. The van der Waals surface area contributed by atoms with Crippen LogP contribution in [0.15, 0.2) is 12.1 Å². The van der Waals surface area contributed by atoms with Crippen LogP contribution in [0.25, 0.3) is 0 Å². The fraction of sp³-hybridized carbons (Fsp3) is 0.600. The predicted octanol–water partition coefficient (Wildman–Crippen LogP) is 3.67. The van der Waals surface area contributed by atoms with Gasteiger partial charge in [-0.25, -0.2) is 0 Å². The molecule has 1 aromatic carbocycles. The van der Waals surface area contributed by atoms with Crippen LogP contribution in [-0.2, 0) is 6.54 Å². The molecule has 1 aliphatic rings. The molecule has 0 amide bonds. The van der Waals surface area contributed by atoms with Gasteiger partial charge in [0.25, 0.3) is 0 Å². The average molecular weight is 284 g/mol. The highest BCUT2D eigenvalue weighted by molar-refractivity contribution is 6.32. The van der Waals surface area contributed by atoms with Crippen LogP contribution in [-0.4, -0.2) is 29.7 Å². The van der Waals surface area contributed by atoms with E-state index >= 15 is 0 Å². The molecule has 19 heavy (non-hydrogen) atoms. The first kappa shape index (κ1) is 14.5. The smallest absolute Gasteiger partial charge is 0.176 e. The Morgan fingerprint density at radius 1 is 1.42 bits per heavy atom. The van der Waals surface area contributed by atoms with Gasteiger partial charge < -0.3 is 9.84 Å². The molecule has 1 aliphatic heterocycles. The minimum atomic E-state index is 0.0213. The zero-order valence-corrected chi connectivity index (χ0v) is 12.6. The third kappa shape index (κ3) is 3.15. The molecule has 3 nitrogen and oxygen atoms in total. The van der Waals surface area contributed by atoms with Crippen molar-refractivity contribution < 1.29 is 9.84 Å². The molecule has 1 fully saturated rings. The van der Waals surface area contributed by atoms with Crippen molar-refractivity contribution in [3.05, 3.63) is 22.7 Å². The van der Waals surface area contributed by atoms with Crippen molar-refractivity contribution in [2.45, 2.75) is 39.3 Å². The molecule has 0 saturated carbocycles. The highest BCUT2D eigenvalue weighted by atomic mass is 35.5. The molecule has 0 aliphatic carbocycles. The summed E-state index contributed by atoms with van der Waals surface area (Å²) in [6.07, 6.45) is 2.55. The van der Waals surface area contributed by atoms with Gasteiger partial charge in [0.05, 0.1) is 12.1 Å². The Morgan fingerprint density at radius 2 is 2.16 bits per heavy atom. The Kier molecular flexibility index (Phi) is 4.58. The molecule has 0 bridgehead atoms. The number of methoxy groups -OCH3 is 1. The summed E-state index contributed by atoms with van der Waals surface area (Å²) in [7, 11) is 1.54. The standard InChI is InChI=1S/C15H22ClNO2/c1-10-5-4-6-17(11(10)2)9-12-7-13(16)15(18)14(8-12)19-3/h7-8,10-11,18H,4-6,9H2,1-3H3. The van der Waals surface area contributed by atoms with Crippen molar-refractivity contribution in [1.82, 2.24) is 4.90 Å². The van der Waals surface area contributed by atoms with E-state index in [9.17, 15) is 5.11 Å². The van der Waals surface area contributed by atoms with Gasteiger partial charge in [-0.15, -0.1) is 0 Å². The number of benzene rings is 1. The summed E-state index contributed by atoms with van der Waals surface area (Å²) in [5, 5.41) is 10.1. The van der Waals surface area contributed by atoms with Gasteiger partial charge >= 0.3 is 0 Å². The number of hydrogen-bond acceptors (Lipinski definition) is 3. The SMILES string of the molecule is COc1cc(CN2CCCC(C)C2C)cc(Cl)c1O. The van der Waals surface area contributed by atoms with Gasteiger partial charge in [-0.2, -0.15) is 0 Å². The molecule has 2 rings (SSSR count). The van der Waals surface area contributed by atoms with Crippen LogP contribution in [0.3, 0.4) is 0 Å². The Balaban J connectivity index is 2.16. The molecular weight excluding hydrogens is 262 g/mol. The number of aromatic hydroxyl groups is 1. The van der Waals surface area contributed by atoms with Crippen LogP contribution in [0.4, 0.5) is 0 Å². The zero-order chi connectivity index (χ0) is 14.0. The number of ether oxygens (including phenoxy) is 1. The van der Waals surface area contributed by atoms with Gasteiger partial charge in [0.1, 0.15) is 0 Å². The second-order valence-corrected chi connectivity index (χ2v) is 5.87. The Morgan fingerprint density at radius 3 is 2.84 bits per heavy atom. The van der Waals surface area contributed by atoms with Gasteiger partial charge in [0.15, 0.2) is 11.5 Å². The minimum absolute atomic E-state index is 0.0213. The summed E-state index contributed by atoms with van der Waals surface area (Å²) < 4.78 is 5.15. The van der Waals surface area contributed by atoms with Crippen LogP contribution >= 0.6 is 11.6 Å². The van der Waals surface area contributed by atoms with Crippen LogP contribution < -0.4 is 4.74 Å². The van der Waals surface area contributed by atoms with Crippen LogP contribution in [0, 0.1) is 5.92 Å². The third-order valence-electron chi connectivity index (χ3n) is 4.20. The average Bonchev–Trinajstić information content (AvgIpc) is 2.39. The Labute approximate surface area is 120 Å². The molecule has 0 spiro atoms. The summed E-state index contributed by atoms with van der Waals surface area (Å²) >= 11 is 6.03. The summed E-state index contributed by atoms with van der Waals surface area (Å²) in [5.41, 5.74) is 1.08. The summed E-state index contributed by atoms with van der Waals surface area (Å²) in [4.78, 5) is 2.47. The lowest BCUT2D eigenvalue weighted by Gasteiger charge is -2.38. The highest BCUT2D eigenvalue weighted by Crippen LogP contribution is 2.36. The third-order valence-corrected chi connectivity index (χ3v) is 4.49. The van der Waals surface area contributed by atoms with E-state index in [0.29, 0.717) is 16.8 Å². The number of piperidine rings is 1. The Hall–Kier alpha value is -0.930. The van der Waals surface area contributed by atoms with E-state index in [1.807, 2.05) is 12.1 Å². The molecule has 2 atom stereocenters. The summed E-state index contributed by atoms with van der Waals surface area (Å²) in [5.74, 6) is 1.19. The zero-order valence-electron chi connectivity index (χ0n) is 11.8. The number of likely N-dealkylation sites (tertiary alicyclic amines) is 1. The number of hydrogen-bond donors (Lipinski definition) is 1. The molecule has 1 saturated heterocycles. The molecule has 0 radical (unpaired) electrons. The van der Waals surface area contributed by atoms with E-state index in [-0.39, 0.29) is 5.75 Å². The van der Waals surface area contributed by atoms with E-state index in [0.717, 1.165) is 24.6 Å². The van der Waals surface area contributed by atoms with Crippen molar-refractivity contribution in [3.8, 4) is 11.5 Å². The maximum Gasteiger partial charge on any atom is 0.176 e. The number of phenolic OH excluding ortho intramolecular Hbond substituents is 1. The van der Waals surface area contributed by atoms with Crippen LogP contribution in [0.5, 0.6) is 11.5 Å². The maximum absolute atomic E-state index is 9.75. The second kappa shape index (κ2) is 6.02. The number of rotatable bonds is 3. The molecule has 1 aromatic rings. The van der Waals surface area contributed by atoms with Gasteiger partial charge in [0.2, 0.25) is 0 Å². The van der Waals surface area contributed by atoms with Crippen molar-refractivity contribution in [2.75, 3.05) is 13.7 Å². The maximum atomic E-state index is 9.75. The fourth-order valence-corrected chi connectivity index (χ4v) is 2.99. The van der Waals surface area contributed by atoms with E-state index < -0.39 is 0 Å². The second-order valence-electron chi connectivity index (χ2n) is 5.46. The predicted molar refractivity (Wildman–Crippen MR) is 77.9 cm³/mol. The molecular formula is C15H22ClNO2. The van der Waals surface area contributed by atoms with Crippen molar-refractivity contribution in [1.29, 1.82) is 0 Å². The normalized spacial score (nSPS) is 24.4. The quantitative estimate of drug-likeness (QED) is 0.919. The van der Waals surface area contributed by atoms with Crippen LogP contribution in [0.1, 0.15) is 32.3 Å². The summed E-state index contributed by atoms with van der Waals surface area (Å²) in [6, 6.07) is 4.27. The van der Waals surface area contributed by atoms with Gasteiger partial charge in [-0.05, 0) is 49.9 Å². The van der Waals surface area contributed by atoms with E-state index in [1.165, 1.54) is 12.8 Å².